The first kappa shape index (κ1) is 48.8. The summed E-state index contributed by atoms with van der Waals surface area (Å²) in [4.78, 5) is 12.4. The number of carbonyl (C=O) groups is 1. The largest absolute Gasteiger partial charge is 0.394 e. The average molecular weight is 706 g/mol. The Hall–Kier alpha value is -1.17. The lowest BCUT2D eigenvalue weighted by atomic mass is 10.0. The first-order valence-electron chi connectivity index (χ1n) is 22.2. The van der Waals surface area contributed by atoms with E-state index >= 15 is 0 Å². The van der Waals surface area contributed by atoms with Gasteiger partial charge in [0.25, 0.3) is 0 Å². The van der Waals surface area contributed by atoms with Crippen LogP contribution in [0.15, 0.2) is 24.3 Å². The molecule has 0 spiro atoms. The standard InChI is InChI=1S/C45H87NO4/c1-3-5-7-9-11-13-15-16-17-18-19-20-21-22-23-24-25-26-27-28-30-31-33-35-37-39-43(48)42(41-47)46-45(50)44(49)40-38-36-34-32-29-14-12-10-8-6-4-2/h30-31,37,39,42-44,47-49H,3-29,32-36,38,40-41H2,1-2H3,(H,46,50)/b31-30+,39-37+. The highest BCUT2D eigenvalue weighted by Gasteiger charge is 2.22. The molecule has 0 bridgehead atoms. The van der Waals surface area contributed by atoms with Crippen LogP contribution >= 0.6 is 0 Å². The molecule has 0 aliphatic rings. The predicted octanol–water partition coefficient (Wildman–Crippen LogP) is 12.6. The van der Waals surface area contributed by atoms with Crippen molar-refractivity contribution in [3.8, 4) is 0 Å². The predicted molar refractivity (Wildman–Crippen MR) is 218 cm³/mol. The van der Waals surface area contributed by atoms with Gasteiger partial charge in [-0.3, -0.25) is 4.79 Å². The summed E-state index contributed by atoms with van der Waals surface area (Å²) < 4.78 is 0. The molecule has 0 aliphatic heterocycles. The molecule has 3 unspecified atom stereocenters. The number of aliphatic hydroxyl groups is 3. The third-order valence-electron chi connectivity index (χ3n) is 10.3. The maximum absolute atomic E-state index is 12.4. The van der Waals surface area contributed by atoms with E-state index in [9.17, 15) is 20.1 Å². The lowest BCUT2D eigenvalue weighted by Crippen LogP contribution is -2.48. The van der Waals surface area contributed by atoms with Crippen LogP contribution < -0.4 is 5.32 Å². The second-order valence-corrected chi connectivity index (χ2v) is 15.3. The minimum atomic E-state index is -1.10. The SMILES string of the molecule is CCCCCCCCCCCCCCCCCCCCC/C=C/CC/C=C/C(O)C(CO)NC(=O)C(O)CCCCCCCCCCCCC. The highest BCUT2D eigenvalue weighted by molar-refractivity contribution is 5.80. The smallest absolute Gasteiger partial charge is 0.249 e. The Labute approximate surface area is 312 Å². The number of aliphatic hydroxyl groups excluding tert-OH is 3. The van der Waals surface area contributed by atoms with Gasteiger partial charge < -0.3 is 20.6 Å². The van der Waals surface area contributed by atoms with Gasteiger partial charge in [0.2, 0.25) is 5.91 Å². The van der Waals surface area contributed by atoms with Crippen molar-refractivity contribution < 1.29 is 20.1 Å². The first-order chi connectivity index (χ1) is 24.6. The number of hydrogen-bond acceptors (Lipinski definition) is 4. The lowest BCUT2D eigenvalue weighted by molar-refractivity contribution is -0.131. The number of carbonyl (C=O) groups excluding carboxylic acids is 1. The summed E-state index contributed by atoms with van der Waals surface area (Å²) in [6, 6.07) is -0.810. The van der Waals surface area contributed by atoms with Crippen molar-refractivity contribution in [2.24, 2.45) is 0 Å². The molecule has 5 nitrogen and oxygen atoms in total. The van der Waals surface area contributed by atoms with E-state index in [1.54, 1.807) is 6.08 Å². The van der Waals surface area contributed by atoms with Crippen molar-refractivity contribution in [2.45, 2.75) is 250 Å². The average Bonchev–Trinajstić information content (AvgIpc) is 3.12. The zero-order chi connectivity index (χ0) is 36.6. The molecule has 0 aromatic heterocycles. The molecule has 0 radical (unpaired) electrons. The molecule has 0 saturated carbocycles. The number of rotatable bonds is 40. The van der Waals surface area contributed by atoms with Crippen LogP contribution in [0.1, 0.15) is 232 Å². The summed E-state index contributed by atoms with van der Waals surface area (Å²) in [7, 11) is 0. The van der Waals surface area contributed by atoms with Crippen molar-refractivity contribution >= 4 is 5.91 Å². The summed E-state index contributed by atoms with van der Waals surface area (Å²) in [5.41, 5.74) is 0. The molecular weight excluding hydrogens is 618 g/mol. The Kier molecular flexibility index (Phi) is 39.6. The highest BCUT2D eigenvalue weighted by atomic mass is 16.3. The Bertz CT molecular complexity index is 739. The van der Waals surface area contributed by atoms with Crippen LogP contribution in [0, 0.1) is 0 Å². The second kappa shape index (κ2) is 40.6. The summed E-state index contributed by atoms with van der Waals surface area (Å²) in [6.45, 7) is 4.16. The zero-order valence-electron chi connectivity index (χ0n) is 33.5. The van der Waals surface area contributed by atoms with Gasteiger partial charge in [0.05, 0.1) is 18.8 Å². The molecule has 0 aliphatic carbocycles. The third-order valence-corrected chi connectivity index (χ3v) is 10.3. The summed E-state index contributed by atoms with van der Waals surface area (Å²) >= 11 is 0. The molecule has 0 fully saturated rings. The molecule has 296 valence electrons. The minimum absolute atomic E-state index is 0.373. The number of hydrogen-bond donors (Lipinski definition) is 4. The van der Waals surface area contributed by atoms with E-state index < -0.39 is 24.2 Å². The highest BCUT2D eigenvalue weighted by Crippen LogP contribution is 2.16. The van der Waals surface area contributed by atoms with Crippen LogP contribution in [0.3, 0.4) is 0 Å². The minimum Gasteiger partial charge on any atom is -0.394 e. The van der Waals surface area contributed by atoms with Gasteiger partial charge in [-0.15, -0.1) is 0 Å². The zero-order valence-corrected chi connectivity index (χ0v) is 33.5. The van der Waals surface area contributed by atoms with Crippen molar-refractivity contribution in [1.29, 1.82) is 0 Å². The van der Waals surface area contributed by atoms with E-state index in [1.807, 2.05) is 6.08 Å². The van der Waals surface area contributed by atoms with Crippen LogP contribution in [-0.2, 0) is 4.79 Å². The Morgan fingerprint density at radius 1 is 0.480 bits per heavy atom. The van der Waals surface area contributed by atoms with Crippen LogP contribution in [0.5, 0.6) is 0 Å². The first-order valence-corrected chi connectivity index (χ1v) is 22.2. The number of nitrogens with one attached hydrogen (secondary N) is 1. The maximum atomic E-state index is 12.4. The molecule has 4 N–H and O–H groups in total. The van der Waals surface area contributed by atoms with E-state index in [4.69, 9.17) is 0 Å². The van der Waals surface area contributed by atoms with Crippen molar-refractivity contribution in [2.75, 3.05) is 6.61 Å². The quantitative estimate of drug-likeness (QED) is 0.0377. The molecule has 0 heterocycles. The number of unbranched alkanes of at least 4 members (excludes halogenated alkanes) is 30. The summed E-state index contributed by atoms with van der Waals surface area (Å²) in [5, 5.41) is 33.0. The molecule has 0 aromatic carbocycles. The van der Waals surface area contributed by atoms with Gasteiger partial charge in [0.1, 0.15) is 6.10 Å². The fourth-order valence-electron chi connectivity index (χ4n) is 6.79. The van der Waals surface area contributed by atoms with Crippen LogP contribution in [0.2, 0.25) is 0 Å². The molecule has 0 aromatic rings. The lowest BCUT2D eigenvalue weighted by Gasteiger charge is -2.21. The Morgan fingerprint density at radius 2 is 0.820 bits per heavy atom. The number of allylic oxidation sites excluding steroid dienone is 3. The van der Waals surface area contributed by atoms with E-state index in [1.165, 1.54) is 173 Å². The Morgan fingerprint density at radius 3 is 1.22 bits per heavy atom. The topological polar surface area (TPSA) is 89.8 Å². The van der Waals surface area contributed by atoms with E-state index in [2.05, 4.69) is 31.3 Å². The molecule has 50 heavy (non-hydrogen) atoms. The van der Waals surface area contributed by atoms with E-state index in [0.717, 1.165) is 38.5 Å². The van der Waals surface area contributed by atoms with Gasteiger partial charge in [0, 0.05) is 0 Å². The fraction of sp³-hybridized carbons (Fsp3) is 0.889. The van der Waals surface area contributed by atoms with Gasteiger partial charge in [0.15, 0.2) is 0 Å². The van der Waals surface area contributed by atoms with Gasteiger partial charge in [-0.25, -0.2) is 0 Å². The van der Waals surface area contributed by atoms with Crippen molar-refractivity contribution in [3.05, 3.63) is 24.3 Å². The van der Waals surface area contributed by atoms with Crippen LogP contribution in [0.25, 0.3) is 0 Å². The molecule has 3 atom stereocenters. The fourth-order valence-corrected chi connectivity index (χ4v) is 6.79. The van der Waals surface area contributed by atoms with Gasteiger partial charge in [-0.05, 0) is 32.1 Å². The van der Waals surface area contributed by atoms with Gasteiger partial charge in [-0.1, -0.05) is 224 Å². The third kappa shape index (κ3) is 35.2. The summed E-state index contributed by atoms with van der Waals surface area (Å²) in [6.07, 6.45) is 49.4. The van der Waals surface area contributed by atoms with E-state index in [-0.39, 0.29) is 6.61 Å². The van der Waals surface area contributed by atoms with Crippen molar-refractivity contribution in [1.82, 2.24) is 5.32 Å². The van der Waals surface area contributed by atoms with Crippen LogP contribution in [-0.4, -0.2) is 46.1 Å². The molecule has 0 saturated heterocycles. The van der Waals surface area contributed by atoms with Gasteiger partial charge in [-0.2, -0.15) is 0 Å². The normalized spacial score (nSPS) is 13.8. The van der Waals surface area contributed by atoms with Gasteiger partial charge >= 0.3 is 0 Å². The van der Waals surface area contributed by atoms with Crippen LogP contribution in [0.4, 0.5) is 0 Å². The monoisotopic (exact) mass is 706 g/mol. The maximum Gasteiger partial charge on any atom is 0.249 e. The molecular formula is C45H87NO4. The number of amides is 1. The molecule has 0 rings (SSSR count). The van der Waals surface area contributed by atoms with Crippen molar-refractivity contribution in [3.63, 3.8) is 0 Å². The molecule has 1 amide bonds. The van der Waals surface area contributed by atoms with E-state index in [0.29, 0.717) is 6.42 Å². The Balaban J connectivity index is 3.64. The summed E-state index contributed by atoms with van der Waals surface area (Å²) in [5.74, 6) is -0.513. The second-order valence-electron chi connectivity index (χ2n) is 15.3. The molecule has 5 heteroatoms.